The van der Waals surface area contributed by atoms with Crippen LogP contribution in [0.5, 0.6) is 0 Å². The number of piperazine rings is 1. The molecular weight excluding hydrogens is 362 g/mol. The number of anilines is 1. The van der Waals surface area contributed by atoms with E-state index in [4.69, 9.17) is 5.73 Å². The summed E-state index contributed by atoms with van der Waals surface area (Å²) in [4.78, 5) is 24.7. The lowest BCUT2D eigenvalue weighted by Crippen LogP contribution is -2.52. The standard InChI is InChI=1S/C18H25N7OS/c1-3-15-22-18(27-23-15)25-10-8-24(9-11-25)17(20-2)21-12-13-4-6-14(7-5-13)16(19)26/h4-7H,3,8-12H2,1-2H3,(H2,19,26)(H,20,21). The third-order valence-corrected chi connectivity index (χ3v) is 5.34. The molecule has 2 aromatic rings. The van der Waals surface area contributed by atoms with Gasteiger partial charge in [-0.15, -0.1) is 0 Å². The lowest BCUT2D eigenvalue weighted by molar-refractivity contribution is 0.100. The summed E-state index contributed by atoms with van der Waals surface area (Å²) in [6, 6.07) is 7.29. The molecule has 9 heteroatoms. The van der Waals surface area contributed by atoms with E-state index in [-0.39, 0.29) is 0 Å². The van der Waals surface area contributed by atoms with Gasteiger partial charge in [-0.05, 0) is 17.7 Å². The molecule has 0 saturated carbocycles. The molecule has 0 unspecified atom stereocenters. The Morgan fingerprint density at radius 1 is 1.26 bits per heavy atom. The predicted molar refractivity (Wildman–Crippen MR) is 108 cm³/mol. The molecule has 1 saturated heterocycles. The van der Waals surface area contributed by atoms with Crippen molar-refractivity contribution < 1.29 is 4.79 Å². The Morgan fingerprint density at radius 3 is 2.52 bits per heavy atom. The molecule has 0 aliphatic carbocycles. The van der Waals surface area contributed by atoms with E-state index >= 15 is 0 Å². The molecule has 144 valence electrons. The maximum atomic E-state index is 11.1. The number of aryl methyl sites for hydroxylation is 1. The zero-order chi connectivity index (χ0) is 19.2. The number of primary amides is 1. The number of hydrogen-bond donors (Lipinski definition) is 2. The molecule has 1 aliphatic rings. The molecule has 1 aromatic carbocycles. The highest BCUT2D eigenvalue weighted by atomic mass is 32.1. The van der Waals surface area contributed by atoms with Gasteiger partial charge in [0.15, 0.2) is 5.96 Å². The third-order valence-electron chi connectivity index (χ3n) is 4.52. The van der Waals surface area contributed by atoms with Crippen molar-refractivity contribution in [2.75, 3.05) is 38.1 Å². The van der Waals surface area contributed by atoms with Crippen LogP contribution in [0.1, 0.15) is 28.7 Å². The second-order valence-electron chi connectivity index (χ2n) is 6.28. The molecule has 0 spiro atoms. The van der Waals surface area contributed by atoms with Gasteiger partial charge in [0.1, 0.15) is 5.82 Å². The number of nitrogens with one attached hydrogen (secondary N) is 1. The van der Waals surface area contributed by atoms with Gasteiger partial charge in [-0.3, -0.25) is 9.79 Å². The quantitative estimate of drug-likeness (QED) is 0.589. The van der Waals surface area contributed by atoms with Crippen LogP contribution in [0.15, 0.2) is 29.3 Å². The van der Waals surface area contributed by atoms with Crippen LogP contribution in [0.3, 0.4) is 0 Å². The maximum Gasteiger partial charge on any atom is 0.248 e. The summed E-state index contributed by atoms with van der Waals surface area (Å²) in [5.74, 6) is 1.38. The van der Waals surface area contributed by atoms with Crippen molar-refractivity contribution in [3.63, 3.8) is 0 Å². The fraction of sp³-hybridized carbons (Fsp3) is 0.444. The first-order valence-corrected chi connectivity index (χ1v) is 9.80. The summed E-state index contributed by atoms with van der Waals surface area (Å²) in [5.41, 5.74) is 6.86. The first kappa shape index (κ1) is 19.1. The molecular formula is C18H25N7OS. The van der Waals surface area contributed by atoms with Crippen molar-refractivity contribution in [3.05, 3.63) is 41.2 Å². The topological polar surface area (TPSA) is 99.7 Å². The molecule has 0 atom stereocenters. The molecule has 1 fully saturated rings. The molecule has 3 N–H and O–H groups in total. The minimum absolute atomic E-state index is 0.412. The van der Waals surface area contributed by atoms with Crippen molar-refractivity contribution in [2.45, 2.75) is 19.9 Å². The SMILES string of the molecule is CCc1nsc(N2CCN(C(=NC)NCc3ccc(C(N)=O)cc3)CC2)n1. The summed E-state index contributed by atoms with van der Waals surface area (Å²) in [5, 5.41) is 4.39. The van der Waals surface area contributed by atoms with E-state index in [1.54, 1.807) is 19.2 Å². The van der Waals surface area contributed by atoms with Crippen LogP contribution in [0.25, 0.3) is 0 Å². The molecule has 8 nitrogen and oxygen atoms in total. The first-order chi connectivity index (χ1) is 13.1. The first-order valence-electron chi connectivity index (χ1n) is 9.02. The van der Waals surface area contributed by atoms with Gasteiger partial charge in [0.05, 0.1) is 0 Å². The van der Waals surface area contributed by atoms with E-state index < -0.39 is 5.91 Å². The van der Waals surface area contributed by atoms with Crippen molar-refractivity contribution in [1.82, 2.24) is 19.6 Å². The second kappa shape index (κ2) is 8.81. The largest absolute Gasteiger partial charge is 0.366 e. The van der Waals surface area contributed by atoms with Gasteiger partial charge in [0.25, 0.3) is 0 Å². The molecule has 0 radical (unpaired) electrons. The van der Waals surface area contributed by atoms with E-state index in [2.05, 4.69) is 36.4 Å². The smallest absolute Gasteiger partial charge is 0.248 e. The fourth-order valence-electron chi connectivity index (χ4n) is 2.93. The molecule has 1 amide bonds. The molecule has 1 aromatic heterocycles. The number of nitrogens with two attached hydrogens (primary N) is 1. The highest BCUT2D eigenvalue weighted by molar-refractivity contribution is 7.09. The molecule has 0 bridgehead atoms. The van der Waals surface area contributed by atoms with E-state index in [0.717, 1.165) is 55.1 Å². The lowest BCUT2D eigenvalue weighted by atomic mass is 10.1. The summed E-state index contributed by atoms with van der Waals surface area (Å²) < 4.78 is 4.37. The number of benzene rings is 1. The van der Waals surface area contributed by atoms with Crippen LogP contribution in [-0.4, -0.2) is 59.4 Å². The second-order valence-corrected chi connectivity index (χ2v) is 7.01. The lowest BCUT2D eigenvalue weighted by Gasteiger charge is -2.36. The summed E-state index contributed by atoms with van der Waals surface area (Å²) in [7, 11) is 1.79. The van der Waals surface area contributed by atoms with Crippen LogP contribution in [0.4, 0.5) is 5.13 Å². The average Bonchev–Trinajstić information content (AvgIpc) is 3.18. The number of guanidine groups is 1. The monoisotopic (exact) mass is 387 g/mol. The zero-order valence-electron chi connectivity index (χ0n) is 15.7. The Kier molecular flexibility index (Phi) is 6.23. The van der Waals surface area contributed by atoms with E-state index in [1.807, 2.05) is 12.1 Å². The van der Waals surface area contributed by atoms with Gasteiger partial charge >= 0.3 is 0 Å². The highest BCUT2D eigenvalue weighted by Gasteiger charge is 2.21. The van der Waals surface area contributed by atoms with Crippen molar-refractivity contribution in [2.24, 2.45) is 10.7 Å². The van der Waals surface area contributed by atoms with E-state index in [9.17, 15) is 4.79 Å². The minimum atomic E-state index is -0.412. The Hall–Kier alpha value is -2.68. The summed E-state index contributed by atoms with van der Waals surface area (Å²) in [6.07, 6.45) is 0.868. The molecule has 2 heterocycles. The number of aromatic nitrogens is 2. The molecule has 3 rings (SSSR count). The third kappa shape index (κ3) is 4.73. The van der Waals surface area contributed by atoms with Crippen LogP contribution < -0.4 is 16.0 Å². The highest BCUT2D eigenvalue weighted by Crippen LogP contribution is 2.19. The fourth-order valence-corrected chi connectivity index (χ4v) is 3.73. The van der Waals surface area contributed by atoms with Gasteiger partial charge < -0.3 is 20.9 Å². The normalized spacial score (nSPS) is 15.1. The summed E-state index contributed by atoms with van der Waals surface area (Å²) >= 11 is 1.47. The number of carbonyl (C=O) groups excluding carboxylic acids is 1. The molecule has 1 aliphatic heterocycles. The van der Waals surface area contributed by atoms with Gasteiger partial charge in [-0.25, -0.2) is 4.98 Å². The number of amides is 1. The van der Waals surface area contributed by atoms with Crippen LogP contribution in [0, 0.1) is 0 Å². The Labute approximate surface area is 163 Å². The molecule has 27 heavy (non-hydrogen) atoms. The zero-order valence-corrected chi connectivity index (χ0v) is 16.5. The van der Waals surface area contributed by atoms with Crippen molar-refractivity contribution >= 4 is 28.5 Å². The Morgan fingerprint density at radius 2 is 1.96 bits per heavy atom. The van der Waals surface area contributed by atoms with Gasteiger partial charge in [-0.1, -0.05) is 19.1 Å². The van der Waals surface area contributed by atoms with Gasteiger partial charge in [0, 0.05) is 63.3 Å². The maximum absolute atomic E-state index is 11.1. The average molecular weight is 388 g/mol. The van der Waals surface area contributed by atoms with E-state index in [0.29, 0.717) is 12.1 Å². The number of hydrogen-bond acceptors (Lipinski definition) is 6. The van der Waals surface area contributed by atoms with Crippen LogP contribution in [0.2, 0.25) is 0 Å². The van der Waals surface area contributed by atoms with Gasteiger partial charge in [0.2, 0.25) is 11.0 Å². The van der Waals surface area contributed by atoms with Crippen LogP contribution >= 0.6 is 11.5 Å². The predicted octanol–water partition coefficient (Wildman–Crippen LogP) is 1.10. The van der Waals surface area contributed by atoms with Crippen molar-refractivity contribution in [3.8, 4) is 0 Å². The van der Waals surface area contributed by atoms with Gasteiger partial charge in [-0.2, -0.15) is 4.37 Å². The number of carbonyl (C=O) groups is 1. The number of nitrogens with zero attached hydrogens (tertiary/aromatic N) is 5. The van der Waals surface area contributed by atoms with Crippen molar-refractivity contribution in [1.29, 1.82) is 0 Å². The Balaban J connectivity index is 1.52. The van der Waals surface area contributed by atoms with Crippen LogP contribution in [-0.2, 0) is 13.0 Å². The summed E-state index contributed by atoms with van der Waals surface area (Å²) in [6.45, 7) is 6.25. The van der Waals surface area contributed by atoms with E-state index in [1.165, 1.54) is 11.5 Å². The minimum Gasteiger partial charge on any atom is -0.366 e. The Bertz CT molecular complexity index is 794. The number of aliphatic imine (C=N–C) groups is 1. The number of rotatable bonds is 5.